The van der Waals surface area contributed by atoms with Crippen LogP contribution >= 0.6 is 11.6 Å². The van der Waals surface area contributed by atoms with Crippen molar-refractivity contribution in [3.8, 4) is 0 Å². The fourth-order valence-electron chi connectivity index (χ4n) is 2.42. The molecule has 1 heterocycles. The summed E-state index contributed by atoms with van der Waals surface area (Å²) in [5, 5.41) is 11.5. The maximum atomic E-state index is 11.1. The van der Waals surface area contributed by atoms with Crippen molar-refractivity contribution in [1.82, 2.24) is 9.55 Å². The van der Waals surface area contributed by atoms with E-state index >= 15 is 0 Å². The van der Waals surface area contributed by atoms with Crippen LogP contribution in [0.3, 0.4) is 0 Å². The number of nitro benzene ring substituents is 1. The Morgan fingerprint density at radius 1 is 1.18 bits per heavy atom. The lowest BCUT2D eigenvalue weighted by Gasteiger charge is -2.20. The van der Waals surface area contributed by atoms with E-state index in [1.807, 2.05) is 41.1 Å². The maximum absolute atomic E-state index is 11.1. The van der Waals surface area contributed by atoms with Crippen LogP contribution in [0.15, 0.2) is 67.3 Å². The van der Waals surface area contributed by atoms with Crippen molar-refractivity contribution < 1.29 is 4.92 Å². The molecular formula is C16H12ClN3O2. The third-order valence-electron chi connectivity index (χ3n) is 3.42. The molecule has 0 aliphatic carbocycles. The molecule has 0 aliphatic rings. The Hall–Kier alpha value is -2.66. The number of benzene rings is 2. The van der Waals surface area contributed by atoms with Crippen LogP contribution in [0.4, 0.5) is 5.69 Å². The molecule has 3 aromatic rings. The first-order valence-electron chi connectivity index (χ1n) is 6.63. The number of aromatic nitrogens is 2. The number of rotatable bonds is 4. The van der Waals surface area contributed by atoms with Crippen molar-refractivity contribution in [2.45, 2.75) is 6.04 Å². The van der Waals surface area contributed by atoms with Crippen LogP contribution in [-0.4, -0.2) is 14.5 Å². The average molecular weight is 314 g/mol. The molecule has 1 atom stereocenters. The predicted octanol–water partition coefficient (Wildman–Crippen LogP) is 4.08. The van der Waals surface area contributed by atoms with Crippen LogP contribution < -0.4 is 0 Å². The summed E-state index contributed by atoms with van der Waals surface area (Å²) < 4.78 is 1.88. The molecule has 0 N–H and O–H groups in total. The van der Waals surface area contributed by atoms with E-state index in [1.54, 1.807) is 18.6 Å². The quantitative estimate of drug-likeness (QED) is 0.538. The molecule has 2 aromatic carbocycles. The second kappa shape index (κ2) is 5.99. The van der Waals surface area contributed by atoms with Crippen molar-refractivity contribution in [2.75, 3.05) is 0 Å². The Bertz CT molecular complexity index is 788. The van der Waals surface area contributed by atoms with Crippen LogP contribution in [-0.2, 0) is 0 Å². The average Bonchev–Trinajstić information content (AvgIpc) is 3.04. The summed E-state index contributed by atoms with van der Waals surface area (Å²) in [6.07, 6.45) is 5.15. The summed E-state index contributed by atoms with van der Waals surface area (Å²) in [5.41, 5.74) is 1.66. The third kappa shape index (κ3) is 2.71. The highest BCUT2D eigenvalue weighted by atomic mass is 35.5. The Labute approximate surface area is 132 Å². The van der Waals surface area contributed by atoms with E-state index in [9.17, 15) is 10.1 Å². The van der Waals surface area contributed by atoms with Gasteiger partial charge in [-0.1, -0.05) is 41.9 Å². The SMILES string of the molecule is O=[N+]([O-])c1ccc(Cl)c(C(c2ccccc2)n2ccnc2)c1. The minimum atomic E-state index is -0.421. The summed E-state index contributed by atoms with van der Waals surface area (Å²) in [6, 6.07) is 13.9. The third-order valence-corrected chi connectivity index (χ3v) is 3.77. The summed E-state index contributed by atoms with van der Waals surface area (Å²) in [7, 11) is 0. The van der Waals surface area contributed by atoms with Gasteiger partial charge >= 0.3 is 0 Å². The van der Waals surface area contributed by atoms with Gasteiger partial charge < -0.3 is 4.57 Å². The molecule has 6 heteroatoms. The number of nitro groups is 1. The lowest BCUT2D eigenvalue weighted by molar-refractivity contribution is -0.384. The summed E-state index contributed by atoms with van der Waals surface area (Å²) in [4.78, 5) is 14.7. The van der Waals surface area contributed by atoms with Gasteiger partial charge in [-0.2, -0.15) is 0 Å². The Balaban J connectivity index is 2.19. The van der Waals surface area contributed by atoms with E-state index in [1.165, 1.54) is 12.1 Å². The summed E-state index contributed by atoms with van der Waals surface area (Å²) >= 11 is 6.31. The van der Waals surface area contributed by atoms with E-state index in [4.69, 9.17) is 11.6 Å². The molecule has 0 aliphatic heterocycles. The topological polar surface area (TPSA) is 61.0 Å². The highest BCUT2D eigenvalue weighted by Gasteiger charge is 2.21. The number of halogens is 1. The number of hydrogen-bond donors (Lipinski definition) is 0. The molecule has 0 amide bonds. The van der Waals surface area contributed by atoms with Crippen LogP contribution in [0.5, 0.6) is 0 Å². The van der Waals surface area contributed by atoms with Gasteiger partial charge in [0.15, 0.2) is 0 Å². The zero-order chi connectivity index (χ0) is 15.5. The fourth-order valence-corrected chi connectivity index (χ4v) is 2.64. The molecule has 1 unspecified atom stereocenters. The van der Waals surface area contributed by atoms with E-state index < -0.39 is 4.92 Å². The lowest BCUT2D eigenvalue weighted by atomic mass is 9.98. The lowest BCUT2D eigenvalue weighted by Crippen LogP contribution is -2.11. The molecule has 0 saturated heterocycles. The van der Waals surface area contributed by atoms with Crippen molar-refractivity contribution in [3.63, 3.8) is 0 Å². The molecule has 22 heavy (non-hydrogen) atoms. The number of non-ortho nitro benzene ring substituents is 1. The molecule has 5 nitrogen and oxygen atoms in total. The molecule has 3 rings (SSSR count). The predicted molar refractivity (Wildman–Crippen MR) is 84.0 cm³/mol. The van der Waals surface area contributed by atoms with Gasteiger partial charge in [0.1, 0.15) is 0 Å². The van der Waals surface area contributed by atoms with E-state index in [0.29, 0.717) is 10.6 Å². The van der Waals surface area contributed by atoms with Gasteiger partial charge in [-0.15, -0.1) is 0 Å². The summed E-state index contributed by atoms with van der Waals surface area (Å²) in [5.74, 6) is 0. The highest BCUT2D eigenvalue weighted by molar-refractivity contribution is 6.31. The Kier molecular flexibility index (Phi) is 3.89. The first-order valence-corrected chi connectivity index (χ1v) is 7.01. The maximum Gasteiger partial charge on any atom is 0.269 e. The van der Waals surface area contributed by atoms with Gasteiger partial charge in [-0.05, 0) is 11.6 Å². The van der Waals surface area contributed by atoms with Crippen molar-refractivity contribution >= 4 is 17.3 Å². The normalized spacial score (nSPS) is 12.0. The first-order chi connectivity index (χ1) is 10.7. The highest BCUT2D eigenvalue weighted by Crippen LogP contribution is 2.34. The minimum absolute atomic E-state index is 0.0143. The fraction of sp³-hybridized carbons (Fsp3) is 0.0625. The van der Waals surface area contributed by atoms with E-state index in [-0.39, 0.29) is 11.7 Å². The van der Waals surface area contributed by atoms with Gasteiger partial charge in [0.05, 0.1) is 17.3 Å². The summed E-state index contributed by atoms with van der Waals surface area (Å²) in [6.45, 7) is 0. The van der Waals surface area contributed by atoms with Gasteiger partial charge in [0.25, 0.3) is 5.69 Å². The second-order valence-electron chi connectivity index (χ2n) is 4.79. The number of imidazole rings is 1. The largest absolute Gasteiger partial charge is 0.326 e. The van der Waals surface area contributed by atoms with Gasteiger partial charge in [-0.3, -0.25) is 10.1 Å². The zero-order valence-electron chi connectivity index (χ0n) is 11.5. The smallest absolute Gasteiger partial charge is 0.269 e. The standard InChI is InChI=1S/C16H12ClN3O2/c17-15-7-6-13(20(21)22)10-14(15)16(19-9-8-18-11-19)12-4-2-1-3-5-12/h1-11,16H. The van der Waals surface area contributed by atoms with Crippen LogP contribution in [0.1, 0.15) is 17.2 Å². The van der Waals surface area contributed by atoms with Crippen molar-refractivity contribution in [2.24, 2.45) is 0 Å². The Morgan fingerprint density at radius 2 is 1.95 bits per heavy atom. The van der Waals surface area contributed by atoms with E-state index in [2.05, 4.69) is 4.98 Å². The molecule has 0 radical (unpaired) electrons. The van der Waals surface area contributed by atoms with Gasteiger partial charge in [0, 0.05) is 35.1 Å². The molecule has 0 saturated carbocycles. The van der Waals surface area contributed by atoms with Crippen LogP contribution in [0.2, 0.25) is 5.02 Å². The zero-order valence-corrected chi connectivity index (χ0v) is 12.2. The molecule has 0 bridgehead atoms. The van der Waals surface area contributed by atoms with Crippen LogP contribution in [0.25, 0.3) is 0 Å². The molecule has 1 aromatic heterocycles. The monoisotopic (exact) mass is 313 g/mol. The van der Waals surface area contributed by atoms with Crippen LogP contribution in [0, 0.1) is 10.1 Å². The number of hydrogen-bond acceptors (Lipinski definition) is 3. The molecular weight excluding hydrogens is 302 g/mol. The van der Waals surface area contributed by atoms with Crippen molar-refractivity contribution in [3.05, 3.63) is 93.5 Å². The van der Waals surface area contributed by atoms with Gasteiger partial charge in [0.2, 0.25) is 0 Å². The van der Waals surface area contributed by atoms with Gasteiger partial charge in [-0.25, -0.2) is 4.98 Å². The molecule has 110 valence electrons. The Morgan fingerprint density at radius 3 is 2.59 bits per heavy atom. The van der Waals surface area contributed by atoms with Crippen molar-refractivity contribution in [1.29, 1.82) is 0 Å². The number of nitrogens with zero attached hydrogens (tertiary/aromatic N) is 3. The van der Waals surface area contributed by atoms with E-state index in [0.717, 1.165) is 5.56 Å². The molecule has 0 spiro atoms. The second-order valence-corrected chi connectivity index (χ2v) is 5.19. The first kappa shape index (κ1) is 14.3. The minimum Gasteiger partial charge on any atom is -0.326 e. The molecule has 0 fully saturated rings.